The lowest BCUT2D eigenvalue weighted by Gasteiger charge is -2.43. The van der Waals surface area contributed by atoms with Crippen molar-refractivity contribution in [1.29, 1.82) is 0 Å². The van der Waals surface area contributed by atoms with Crippen molar-refractivity contribution in [2.45, 2.75) is 45.6 Å². The van der Waals surface area contributed by atoms with Gasteiger partial charge in [-0.2, -0.15) is 0 Å². The Morgan fingerprint density at radius 1 is 1.46 bits per heavy atom. The van der Waals surface area contributed by atoms with Crippen LogP contribution in [0.15, 0.2) is 24.5 Å². The topological polar surface area (TPSA) is 90.7 Å². The van der Waals surface area contributed by atoms with Crippen LogP contribution in [-0.2, 0) is 16.0 Å². The second-order valence-corrected chi connectivity index (χ2v) is 7.05. The van der Waals surface area contributed by atoms with Crippen LogP contribution in [0.5, 0.6) is 0 Å². The van der Waals surface area contributed by atoms with Crippen LogP contribution in [0.4, 0.5) is 0 Å². The second-order valence-electron chi connectivity index (χ2n) is 7.05. The summed E-state index contributed by atoms with van der Waals surface area (Å²) >= 11 is 0. The van der Waals surface area contributed by atoms with Crippen molar-refractivity contribution in [2.75, 3.05) is 13.1 Å². The maximum atomic E-state index is 12.5. The van der Waals surface area contributed by atoms with Crippen LogP contribution in [0.1, 0.15) is 38.7 Å². The molecule has 1 aromatic heterocycles. The minimum Gasteiger partial charge on any atom is -0.481 e. The normalized spacial score (nSPS) is 24.2. The number of carbonyl (C=O) groups excluding carboxylic acids is 1. The molecule has 6 nitrogen and oxygen atoms in total. The molecule has 0 aromatic carbocycles. The molecule has 1 fully saturated rings. The predicted molar refractivity (Wildman–Crippen MR) is 89.3 cm³/mol. The van der Waals surface area contributed by atoms with Crippen LogP contribution in [0.3, 0.4) is 0 Å². The van der Waals surface area contributed by atoms with Gasteiger partial charge in [0.2, 0.25) is 5.91 Å². The number of hydrogen-bond donors (Lipinski definition) is 2. The van der Waals surface area contributed by atoms with Crippen molar-refractivity contribution >= 4 is 11.9 Å². The molecule has 1 aliphatic heterocycles. The molecule has 2 N–H and O–H groups in total. The molecule has 1 saturated heterocycles. The first-order valence-corrected chi connectivity index (χ1v) is 8.43. The molecule has 1 aliphatic rings. The number of aliphatic hydroxyl groups is 1. The van der Waals surface area contributed by atoms with Gasteiger partial charge >= 0.3 is 5.97 Å². The lowest BCUT2D eigenvalue weighted by Crippen LogP contribution is -2.57. The number of carboxylic acid groups (broad SMARTS) is 1. The van der Waals surface area contributed by atoms with Gasteiger partial charge in [0.05, 0.1) is 12.5 Å². The van der Waals surface area contributed by atoms with Crippen molar-refractivity contribution in [1.82, 2.24) is 9.88 Å². The fourth-order valence-electron chi connectivity index (χ4n) is 3.19. The van der Waals surface area contributed by atoms with Crippen LogP contribution >= 0.6 is 0 Å². The molecule has 1 amide bonds. The number of aliphatic hydroxyl groups excluding tert-OH is 1. The van der Waals surface area contributed by atoms with E-state index in [1.54, 1.807) is 23.4 Å². The zero-order valence-electron chi connectivity index (χ0n) is 14.3. The highest BCUT2D eigenvalue weighted by molar-refractivity contribution is 5.81. The highest BCUT2D eigenvalue weighted by Crippen LogP contribution is 2.36. The van der Waals surface area contributed by atoms with E-state index in [9.17, 15) is 19.8 Å². The molecular weight excluding hydrogens is 308 g/mol. The molecule has 24 heavy (non-hydrogen) atoms. The van der Waals surface area contributed by atoms with Crippen LogP contribution < -0.4 is 0 Å². The van der Waals surface area contributed by atoms with Gasteiger partial charge in [-0.15, -0.1) is 0 Å². The summed E-state index contributed by atoms with van der Waals surface area (Å²) in [5, 5.41) is 20.1. The van der Waals surface area contributed by atoms with Gasteiger partial charge in [0.15, 0.2) is 0 Å². The highest BCUT2D eigenvalue weighted by Gasteiger charge is 2.49. The molecule has 2 atom stereocenters. The van der Waals surface area contributed by atoms with Gasteiger partial charge in [0.1, 0.15) is 5.41 Å². The van der Waals surface area contributed by atoms with E-state index in [1.165, 1.54) is 0 Å². The van der Waals surface area contributed by atoms with E-state index in [-0.39, 0.29) is 18.9 Å². The third-order valence-electron chi connectivity index (χ3n) is 4.81. The van der Waals surface area contributed by atoms with Crippen molar-refractivity contribution in [3.63, 3.8) is 0 Å². The first-order chi connectivity index (χ1) is 11.3. The van der Waals surface area contributed by atoms with E-state index in [0.717, 1.165) is 5.56 Å². The minimum absolute atomic E-state index is 0.0648. The number of carbonyl (C=O) groups is 2. The number of carboxylic acids is 1. The van der Waals surface area contributed by atoms with Crippen molar-refractivity contribution in [3.8, 4) is 0 Å². The van der Waals surface area contributed by atoms with Gasteiger partial charge < -0.3 is 15.1 Å². The number of aromatic nitrogens is 1. The largest absolute Gasteiger partial charge is 0.481 e. The number of amides is 1. The molecule has 0 radical (unpaired) electrons. The molecule has 0 unspecified atom stereocenters. The standard InChI is InChI=1S/C18H26N2O4/c1-13(2)5-7-18(17(23)24)12-20(9-6-15(18)21)16(22)10-14-4-3-8-19-11-14/h3-4,8,11,13,15,21H,5-7,9-10,12H2,1-2H3,(H,23,24)/t15-,18-/m1/s1. The summed E-state index contributed by atoms with van der Waals surface area (Å²) in [5.74, 6) is -0.797. The third-order valence-corrected chi connectivity index (χ3v) is 4.81. The molecular formula is C18H26N2O4. The van der Waals surface area contributed by atoms with Crippen LogP contribution in [0.25, 0.3) is 0 Å². The second kappa shape index (κ2) is 7.75. The minimum atomic E-state index is -1.27. The molecule has 0 aliphatic carbocycles. The molecule has 2 heterocycles. The van der Waals surface area contributed by atoms with Gasteiger partial charge in [-0.25, -0.2) is 0 Å². The predicted octanol–water partition coefficient (Wildman–Crippen LogP) is 1.72. The lowest BCUT2D eigenvalue weighted by atomic mass is 9.72. The van der Waals surface area contributed by atoms with Gasteiger partial charge in [0.25, 0.3) is 0 Å². The van der Waals surface area contributed by atoms with E-state index in [2.05, 4.69) is 4.98 Å². The Hall–Kier alpha value is -1.95. The fraction of sp³-hybridized carbons (Fsp3) is 0.611. The van der Waals surface area contributed by atoms with E-state index in [4.69, 9.17) is 0 Å². The van der Waals surface area contributed by atoms with Crippen molar-refractivity contribution in [2.24, 2.45) is 11.3 Å². The van der Waals surface area contributed by atoms with E-state index in [0.29, 0.717) is 31.7 Å². The summed E-state index contributed by atoms with van der Waals surface area (Å²) in [6, 6.07) is 3.60. The maximum Gasteiger partial charge on any atom is 0.314 e. The Kier molecular flexibility index (Phi) is 5.94. The molecule has 0 spiro atoms. The molecule has 0 saturated carbocycles. The third kappa shape index (κ3) is 4.12. The number of aliphatic carboxylic acids is 1. The van der Waals surface area contributed by atoms with Gasteiger partial charge in [0, 0.05) is 25.5 Å². The summed E-state index contributed by atoms with van der Waals surface area (Å²) in [6.07, 6.45) is 3.93. The van der Waals surface area contributed by atoms with Gasteiger partial charge in [-0.1, -0.05) is 19.9 Å². The smallest absolute Gasteiger partial charge is 0.314 e. The average molecular weight is 334 g/mol. The van der Waals surface area contributed by atoms with E-state index in [1.807, 2.05) is 19.9 Å². The lowest BCUT2D eigenvalue weighted by molar-refractivity contribution is -0.167. The number of rotatable bonds is 6. The van der Waals surface area contributed by atoms with Crippen LogP contribution in [0.2, 0.25) is 0 Å². The zero-order chi connectivity index (χ0) is 17.7. The quantitative estimate of drug-likeness (QED) is 0.827. The number of nitrogens with zero attached hydrogens (tertiary/aromatic N) is 2. The molecule has 2 rings (SSSR count). The van der Waals surface area contributed by atoms with Crippen LogP contribution in [0, 0.1) is 11.3 Å². The fourth-order valence-corrected chi connectivity index (χ4v) is 3.19. The van der Waals surface area contributed by atoms with Gasteiger partial charge in [-0.3, -0.25) is 14.6 Å². The number of likely N-dealkylation sites (tertiary alicyclic amines) is 1. The number of hydrogen-bond acceptors (Lipinski definition) is 4. The molecule has 0 bridgehead atoms. The molecule has 132 valence electrons. The Bertz CT molecular complexity index is 576. The Balaban J connectivity index is 2.12. The first-order valence-electron chi connectivity index (χ1n) is 8.43. The van der Waals surface area contributed by atoms with Crippen molar-refractivity contribution in [3.05, 3.63) is 30.1 Å². The van der Waals surface area contributed by atoms with E-state index < -0.39 is 17.5 Å². The maximum absolute atomic E-state index is 12.5. The van der Waals surface area contributed by atoms with Gasteiger partial charge in [-0.05, 0) is 36.8 Å². The summed E-state index contributed by atoms with van der Waals surface area (Å²) in [6.45, 7) is 4.50. The zero-order valence-corrected chi connectivity index (χ0v) is 14.3. The summed E-state index contributed by atoms with van der Waals surface area (Å²) < 4.78 is 0. The Labute approximate surface area is 142 Å². The average Bonchev–Trinajstić information content (AvgIpc) is 2.54. The Morgan fingerprint density at radius 2 is 2.21 bits per heavy atom. The SMILES string of the molecule is CC(C)CC[C@@]1(C(=O)O)CN(C(=O)Cc2cccnc2)CC[C@H]1O. The van der Waals surface area contributed by atoms with Crippen molar-refractivity contribution < 1.29 is 19.8 Å². The first kappa shape index (κ1) is 18.4. The summed E-state index contributed by atoms with van der Waals surface area (Å²) in [7, 11) is 0. The number of pyridine rings is 1. The Morgan fingerprint density at radius 3 is 2.79 bits per heavy atom. The molecule has 6 heteroatoms. The summed E-state index contributed by atoms with van der Waals surface area (Å²) in [4.78, 5) is 30.0. The molecule has 1 aromatic rings. The van der Waals surface area contributed by atoms with E-state index >= 15 is 0 Å². The highest BCUT2D eigenvalue weighted by atomic mass is 16.4. The monoisotopic (exact) mass is 334 g/mol. The summed E-state index contributed by atoms with van der Waals surface area (Å²) in [5.41, 5.74) is -0.468. The van der Waals surface area contributed by atoms with Crippen LogP contribution in [-0.4, -0.2) is 51.2 Å². The number of piperidine rings is 1.